The van der Waals surface area contributed by atoms with Gasteiger partial charge in [0.2, 0.25) is 0 Å². The molecule has 1 aliphatic rings. The van der Waals surface area contributed by atoms with E-state index in [4.69, 9.17) is 9.26 Å². The molecule has 0 spiro atoms. The predicted molar refractivity (Wildman–Crippen MR) is 56.4 cm³/mol. The molecule has 1 atom stereocenters. The van der Waals surface area contributed by atoms with E-state index in [2.05, 4.69) is 10.5 Å². The van der Waals surface area contributed by atoms with Gasteiger partial charge in [-0.1, -0.05) is 18.0 Å². The van der Waals surface area contributed by atoms with Crippen molar-refractivity contribution in [2.75, 3.05) is 13.7 Å². The Morgan fingerprint density at radius 3 is 3.33 bits per heavy atom. The van der Waals surface area contributed by atoms with E-state index in [1.807, 2.05) is 6.07 Å². The van der Waals surface area contributed by atoms with Crippen LogP contribution in [0.3, 0.4) is 0 Å². The monoisotopic (exact) mass is 210 g/mol. The first-order chi connectivity index (χ1) is 7.40. The van der Waals surface area contributed by atoms with E-state index < -0.39 is 0 Å². The van der Waals surface area contributed by atoms with Gasteiger partial charge in [-0.3, -0.25) is 0 Å². The highest BCUT2D eigenvalue weighted by Gasteiger charge is 2.17. The van der Waals surface area contributed by atoms with Crippen molar-refractivity contribution in [2.24, 2.45) is 0 Å². The summed E-state index contributed by atoms with van der Waals surface area (Å²) in [6, 6.07) is 2.36. The lowest BCUT2D eigenvalue weighted by atomic mass is 10.1. The number of nitrogens with zero attached hydrogens (tertiary/aromatic N) is 1. The first-order valence-electron chi connectivity index (χ1n) is 5.58. The average molecular weight is 210 g/mol. The molecule has 0 saturated carbocycles. The Morgan fingerprint density at radius 2 is 2.47 bits per heavy atom. The molecule has 1 aromatic rings. The highest BCUT2D eigenvalue weighted by Crippen LogP contribution is 2.22. The summed E-state index contributed by atoms with van der Waals surface area (Å²) in [6.45, 7) is 1.58. The van der Waals surface area contributed by atoms with Gasteiger partial charge in [0.15, 0.2) is 5.76 Å². The molecule has 84 valence electrons. The third-order valence-corrected chi connectivity index (χ3v) is 2.78. The number of hydrogen-bond donors (Lipinski definition) is 1. The molecule has 15 heavy (non-hydrogen) atoms. The molecule has 1 fully saturated rings. The summed E-state index contributed by atoms with van der Waals surface area (Å²) < 4.78 is 10.2. The van der Waals surface area contributed by atoms with E-state index in [9.17, 15) is 0 Å². The Labute approximate surface area is 90.0 Å². The van der Waals surface area contributed by atoms with E-state index >= 15 is 0 Å². The summed E-state index contributed by atoms with van der Waals surface area (Å²) in [5.74, 6) is 0.804. The Balaban J connectivity index is 2.00. The number of methoxy groups -OCH3 is 1. The van der Waals surface area contributed by atoms with Crippen molar-refractivity contribution < 1.29 is 9.26 Å². The molecule has 0 aromatic carbocycles. The van der Waals surface area contributed by atoms with Crippen molar-refractivity contribution in [2.45, 2.75) is 38.3 Å². The van der Waals surface area contributed by atoms with E-state index in [0.717, 1.165) is 24.4 Å². The van der Waals surface area contributed by atoms with Crippen LogP contribution in [0.1, 0.15) is 43.2 Å². The predicted octanol–water partition coefficient (Wildman–Crippen LogP) is 2.03. The Morgan fingerprint density at radius 1 is 1.53 bits per heavy atom. The topological polar surface area (TPSA) is 47.3 Å². The zero-order chi connectivity index (χ0) is 10.5. The van der Waals surface area contributed by atoms with Gasteiger partial charge in [0.25, 0.3) is 0 Å². The van der Waals surface area contributed by atoms with Crippen LogP contribution in [0.25, 0.3) is 0 Å². The van der Waals surface area contributed by atoms with E-state index in [0.29, 0.717) is 12.6 Å². The molecule has 4 heteroatoms. The van der Waals surface area contributed by atoms with Crippen LogP contribution in [0.15, 0.2) is 10.6 Å². The highest BCUT2D eigenvalue weighted by molar-refractivity contribution is 5.09. The van der Waals surface area contributed by atoms with Crippen LogP contribution >= 0.6 is 0 Å². The van der Waals surface area contributed by atoms with Crippen LogP contribution < -0.4 is 5.32 Å². The minimum atomic E-state index is 0.363. The first-order valence-corrected chi connectivity index (χ1v) is 5.58. The molecular formula is C11H18N2O2. The number of aromatic nitrogens is 1. The highest BCUT2D eigenvalue weighted by atomic mass is 16.5. The largest absolute Gasteiger partial charge is 0.377 e. The second kappa shape index (κ2) is 5.28. The van der Waals surface area contributed by atoms with Gasteiger partial charge >= 0.3 is 0 Å². The van der Waals surface area contributed by atoms with E-state index in [-0.39, 0.29) is 0 Å². The zero-order valence-corrected chi connectivity index (χ0v) is 9.16. The molecule has 1 N–H and O–H groups in total. The normalized spacial score (nSPS) is 22.6. The SMILES string of the molecule is COCc1cc(C2CCCCCN2)no1. The zero-order valence-electron chi connectivity index (χ0n) is 9.16. The third kappa shape index (κ3) is 2.79. The lowest BCUT2D eigenvalue weighted by molar-refractivity contribution is 0.155. The molecule has 1 unspecified atom stereocenters. The van der Waals surface area contributed by atoms with Crippen molar-refractivity contribution in [1.82, 2.24) is 10.5 Å². The van der Waals surface area contributed by atoms with Crippen molar-refractivity contribution in [3.8, 4) is 0 Å². The van der Waals surface area contributed by atoms with Gasteiger partial charge in [-0.05, 0) is 19.4 Å². The second-order valence-corrected chi connectivity index (χ2v) is 4.01. The smallest absolute Gasteiger partial charge is 0.162 e. The average Bonchev–Trinajstić information content (AvgIpc) is 2.53. The third-order valence-electron chi connectivity index (χ3n) is 2.78. The van der Waals surface area contributed by atoms with Crippen molar-refractivity contribution in [3.63, 3.8) is 0 Å². The van der Waals surface area contributed by atoms with Gasteiger partial charge in [-0.15, -0.1) is 0 Å². The Kier molecular flexibility index (Phi) is 3.75. The van der Waals surface area contributed by atoms with Crippen molar-refractivity contribution in [1.29, 1.82) is 0 Å². The molecule has 2 heterocycles. The fourth-order valence-electron chi connectivity index (χ4n) is 1.98. The van der Waals surface area contributed by atoms with Crippen LogP contribution in [0.2, 0.25) is 0 Å². The van der Waals surface area contributed by atoms with Crippen molar-refractivity contribution in [3.05, 3.63) is 17.5 Å². The van der Waals surface area contributed by atoms with E-state index in [1.54, 1.807) is 7.11 Å². The van der Waals surface area contributed by atoms with Crippen LogP contribution in [0.5, 0.6) is 0 Å². The number of rotatable bonds is 3. The van der Waals surface area contributed by atoms with Gasteiger partial charge in [0, 0.05) is 13.2 Å². The summed E-state index contributed by atoms with van der Waals surface area (Å²) in [5, 5.41) is 7.57. The van der Waals surface area contributed by atoms with E-state index in [1.165, 1.54) is 19.3 Å². The number of nitrogens with one attached hydrogen (secondary N) is 1. The lowest BCUT2D eigenvalue weighted by Crippen LogP contribution is -2.20. The van der Waals surface area contributed by atoms with Gasteiger partial charge in [0.1, 0.15) is 12.3 Å². The molecule has 4 nitrogen and oxygen atoms in total. The molecular weight excluding hydrogens is 192 g/mol. The number of ether oxygens (including phenoxy) is 1. The maximum atomic E-state index is 5.18. The van der Waals surface area contributed by atoms with Crippen LogP contribution in [0.4, 0.5) is 0 Å². The minimum Gasteiger partial charge on any atom is -0.377 e. The summed E-state index contributed by atoms with van der Waals surface area (Å²) in [7, 11) is 1.66. The molecule has 0 bridgehead atoms. The molecule has 1 saturated heterocycles. The molecule has 0 amide bonds. The standard InChI is InChI=1S/C11H18N2O2/c1-14-8-9-7-11(13-15-9)10-5-3-2-4-6-12-10/h7,10,12H,2-6,8H2,1H3. The molecule has 0 aliphatic carbocycles. The summed E-state index contributed by atoms with van der Waals surface area (Å²) in [5.41, 5.74) is 1.02. The fraction of sp³-hybridized carbons (Fsp3) is 0.727. The second-order valence-electron chi connectivity index (χ2n) is 4.01. The van der Waals surface area contributed by atoms with Gasteiger partial charge in [-0.25, -0.2) is 0 Å². The molecule has 0 radical (unpaired) electrons. The van der Waals surface area contributed by atoms with Crippen LogP contribution in [-0.4, -0.2) is 18.8 Å². The number of hydrogen-bond acceptors (Lipinski definition) is 4. The quantitative estimate of drug-likeness (QED) is 0.829. The minimum absolute atomic E-state index is 0.363. The Bertz CT molecular complexity index is 291. The van der Waals surface area contributed by atoms with Crippen molar-refractivity contribution >= 4 is 0 Å². The summed E-state index contributed by atoms with van der Waals surface area (Å²) in [4.78, 5) is 0. The fourth-order valence-corrected chi connectivity index (χ4v) is 1.98. The van der Waals surface area contributed by atoms with Crippen LogP contribution in [-0.2, 0) is 11.3 Å². The maximum absolute atomic E-state index is 5.18. The molecule has 1 aromatic heterocycles. The summed E-state index contributed by atoms with van der Waals surface area (Å²) >= 11 is 0. The Hall–Kier alpha value is -0.870. The maximum Gasteiger partial charge on any atom is 0.162 e. The van der Waals surface area contributed by atoms with Gasteiger partial charge in [0.05, 0.1) is 6.04 Å². The van der Waals surface area contributed by atoms with Gasteiger partial charge < -0.3 is 14.6 Å². The van der Waals surface area contributed by atoms with Gasteiger partial charge in [-0.2, -0.15) is 0 Å². The first kappa shape index (κ1) is 10.6. The van der Waals surface area contributed by atoms with Crippen LogP contribution in [0, 0.1) is 0 Å². The molecule has 2 rings (SSSR count). The molecule has 1 aliphatic heterocycles. The lowest BCUT2D eigenvalue weighted by Gasteiger charge is -2.11. The summed E-state index contributed by atoms with van der Waals surface area (Å²) in [6.07, 6.45) is 4.99.